The number of hydrogen-bond acceptors (Lipinski definition) is 7. The number of nitrogens with one attached hydrogen (secondary N) is 1. The van der Waals surface area contributed by atoms with Gasteiger partial charge in [0.15, 0.2) is 5.69 Å². The molecular formula is C19H19N5O3. The summed E-state index contributed by atoms with van der Waals surface area (Å²) in [4.78, 5) is 16.6. The Morgan fingerprint density at radius 3 is 2.70 bits per heavy atom. The number of nitrogens with zero attached hydrogens (tertiary/aromatic N) is 3. The lowest BCUT2D eigenvalue weighted by Gasteiger charge is -2.13. The second-order valence-corrected chi connectivity index (χ2v) is 6.34. The lowest BCUT2D eigenvalue weighted by atomic mass is 10.0. The maximum atomic E-state index is 12.3. The van der Waals surface area contributed by atoms with Crippen LogP contribution in [0.15, 0.2) is 30.5 Å². The van der Waals surface area contributed by atoms with Crippen molar-refractivity contribution < 1.29 is 14.3 Å². The highest BCUT2D eigenvalue weighted by Gasteiger charge is 2.26. The quantitative estimate of drug-likeness (QED) is 0.712. The molecule has 0 radical (unpaired) electrons. The van der Waals surface area contributed by atoms with Crippen LogP contribution in [0.25, 0.3) is 22.0 Å². The minimum Gasteiger partial charge on any atom is -0.496 e. The van der Waals surface area contributed by atoms with Gasteiger partial charge in [-0.1, -0.05) is 18.2 Å². The molecule has 0 unspecified atom stereocenters. The van der Waals surface area contributed by atoms with E-state index in [0.29, 0.717) is 28.2 Å². The van der Waals surface area contributed by atoms with E-state index in [1.807, 2.05) is 18.2 Å². The Morgan fingerprint density at radius 2 is 2.00 bits per heavy atom. The minimum absolute atomic E-state index is 0.145. The van der Waals surface area contributed by atoms with Crippen molar-refractivity contribution in [3.63, 3.8) is 0 Å². The van der Waals surface area contributed by atoms with Crippen molar-refractivity contribution in [2.75, 3.05) is 20.0 Å². The molecule has 1 aliphatic rings. The number of ether oxygens (including phenoxy) is 2. The third-order valence-electron chi connectivity index (χ3n) is 4.52. The largest absolute Gasteiger partial charge is 0.496 e. The van der Waals surface area contributed by atoms with Crippen molar-refractivity contribution in [3.8, 4) is 22.8 Å². The Kier molecular flexibility index (Phi) is 4.23. The van der Waals surface area contributed by atoms with E-state index in [0.717, 1.165) is 24.0 Å². The molecule has 1 fully saturated rings. The molecule has 1 aromatic carbocycles. The van der Waals surface area contributed by atoms with E-state index in [9.17, 15) is 4.79 Å². The Morgan fingerprint density at radius 1 is 1.19 bits per heavy atom. The van der Waals surface area contributed by atoms with Crippen molar-refractivity contribution in [2.45, 2.75) is 18.9 Å². The molecule has 3 aromatic rings. The average Bonchev–Trinajstić information content (AvgIpc) is 3.51. The number of methoxy groups -OCH3 is 2. The van der Waals surface area contributed by atoms with E-state index in [1.54, 1.807) is 26.5 Å². The van der Waals surface area contributed by atoms with E-state index in [-0.39, 0.29) is 17.6 Å². The number of rotatable bonds is 5. The zero-order chi connectivity index (χ0) is 19.0. The van der Waals surface area contributed by atoms with Gasteiger partial charge in [0.25, 0.3) is 5.91 Å². The monoisotopic (exact) mass is 365 g/mol. The predicted octanol–water partition coefficient (Wildman–Crippen LogP) is 2.18. The highest BCUT2D eigenvalue weighted by molar-refractivity contribution is 6.07. The Hall–Kier alpha value is -3.42. The molecule has 0 atom stereocenters. The maximum Gasteiger partial charge on any atom is 0.274 e. The molecule has 1 aliphatic carbocycles. The number of aromatic nitrogens is 3. The number of benzene rings is 1. The van der Waals surface area contributed by atoms with E-state index >= 15 is 0 Å². The van der Waals surface area contributed by atoms with Crippen LogP contribution in [-0.4, -0.2) is 41.3 Å². The summed E-state index contributed by atoms with van der Waals surface area (Å²) in [6, 6.07) is 7.46. The lowest BCUT2D eigenvalue weighted by Crippen LogP contribution is -2.27. The van der Waals surface area contributed by atoms with Gasteiger partial charge in [-0.05, 0) is 12.8 Å². The van der Waals surface area contributed by atoms with Crippen LogP contribution in [0.4, 0.5) is 5.69 Å². The molecule has 138 valence electrons. The Balaban J connectivity index is 1.83. The molecule has 8 nitrogen and oxygen atoms in total. The molecule has 2 heterocycles. The molecule has 3 N–H and O–H groups in total. The average molecular weight is 365 g/mol. The summed E-state index contributed by atoms with van der Waals surface area (Å²) in [7, 11) is 3.11. The van der Waals surface area contributed by atoms with Crippen molar-refractivity contribution in [1.29, 1.82) is 0 Å². The van der Waals surface area contributed by atoms with Gasteiger partial charge in [0.2, 0.25) is 5.88 Å². The van der Waals surface area contributed by atoms with E-state index in [2.05, 4.69) is 20.5 Å². The molecule has 4 rings (SSSR count). The standard InChI is InChI=1S/C19H19N5O3/c1-26-14-8-15(27-2)21-9-13(14)11-4-3-5-12-16(20)18(24-23-17(11)12)19(25)22-10-6-7-10/h3-5,8-10H,6-7H2,1-2H3,(H2,20,23)(H,22,25). The van der Waals surface area contributed by atoms with Crippen LogP contribution in [0, 0.1) is 0 Å². The molecule has 0 bridgehead atoms. The summed E-state index contributed by atoms with van der Waals surface area (Å²) in [5.41, 5.74) is 8.76. The van der Waals surface area contributed by atoms with Gasteiger partial charge < -0.3 is 20.5 Å². The second kappa shape index (κ2) is 6.71. The second-order valence-electron chi connectivity index (χ2n) is 6.34. The maximum absolute atomic E-state index is 12.3. The van der Waals surface area contributed by atoms with Crippen LogP contribution in [0.5, 0.6) is 11.6 Å². The third-order valence-corrected chi connectivity index (χ3v) is 4.52. The highest BCUT2D eigenvalue weighted by atomic mass is 16.5. The van der Waals surface area contributed by atoms with Crippen LogP contribution in [-0.2, 0) is 0 Å². The smallest absolute Gasteiger partial charge is 0.274 e. The molecule has 8 heteroatoms. The zero-order valence-corrected chi connectivity index (χ0v) is 15.0. The number of anilines is 1. The van der Waals surface area contributed by atoms with Gasteiger partial charge in [-0.25, -0.2) is 4.98 Å². The first kappa shape index (κ1) is 17.0. The third kappa shape index (κ3) is 3.10. The molecule has 0 saturated heterocycles. The van der Waals surface area contributed by atoms with E-state index < -0.39 is 0 Å². The van der Waals surface area contributed by atoms with Crippen LogP contribution in [0.2, 0.25) is 0 Å². The number of nitrogens with two attached hydrogens (primary N) is 1. The fourth-order valence-corrected chi connectivity index (χ4v) is 2.92. The summed E-state index contributed by atoms with van der Waals surface area (Å²) < 4.78 is 10.6. The van der Waals surface area contributed by atoms with Gasteiger partial charge in [0.1, 0.15) is 11.3 Å². The summed E-state index contributed by atoms with van der Waals surface area (Å²) in [5, 5.41) is 11.9. The van der Waals surface area contributed by atoms with Crippen LogP contribution < -0.4 is 20.5 Å². The van der Waals surface area contributed by atoms with Crippen LogP contribution in [0.1, 0.15) is 23.3 Å². The number of pyridine rings is 1. The molecule has 0 aliphatic heterocycles. The van der Waals surface area contributed by atoms with Crippen LogP contribution in [0.3, 0.4) is 0 Å². The van der Waals surface area contributed by atoms with E-state index in [4.69, 9.17) is 15.2 Å². The first-order valence-electron chi connectivity index (χ1n) is 8.56. The SMILES string of the molecule is COc1cc(OC)c(-c2cccc3c(N)c(C(=O)NC4CC4)nnc23)cn1. The van der Waals surface area contributed by atoms with Gasteiger partial charge in [0, 0.05) is 34.8 Å². The first-order chi connectivity index (χ1) is 13.1. The van der Waals surface area contributed by atoms with Gasteiger partial charge in [-0.15, -0.1) is 10.2 Å². The van der Waals surface area contributed by atoms with Crippen molar-refractivity contribution >= 4 is 22.5 Å². The van der Waals surface area contributed by atoms with Gasteiger partial charge in [-0.3, -0.25) is 4.79 Å². The molecule has 27 heavy (non-hydrogen) atoms. The summed E-state index contributed by atoms with van der Waals surface area (Å²) >= 11 is 0. The Labute approximate surface area is 155 Å². The van der Waals surface area contributed by atoms with Gasteiger partial charge >= 0.3 is 0 Å². The van der Waals surface area contributed by atoms with Crippen molar-refractivity contribution in [3.05, 3.63) is 36.2 Å². The molecule has 2 aromatic heterocycles. The molecule has 1 amide bonds. The number of fused-ring (bicyclic) bond motifs is 1. The number of amides is 1. The van der Waals surface area contributed by atoms with E-state index in [1.165, 1.54) is 0 Å². The fourth-order valence-electron chi connectivity index (χ4n) is 2.92. The molecule has 1 saturated carbocycles. The number of carbonyl (C=O) groups excluding carboxylic acids is 1. The highest BCUT2D eigenvalue weighted by Crippen LogP contribution is 2.36. The number of carbonyl (C=O) groups is 1. The summed E-state index contributed by atoms with van der Waals surface area (Å²) in [6.07, 6.45) is 3.63. The summed E-state index contributed by atoms with van der Waals surface area (Å²) in [6.45, 7) is 0. The normalized spacial score (nSPS) is 13.4. The first-order valence-corrected chi connectivity index (χ1v) is 8.56. The minimum atomic E-state index is -0.293. The number of nitrogen functional groups attached to an aromatic ring is 1. The Bertz CT molecular complexity index is 1030. The van der Waals surface area contributed by atoms with Crippen LogP contribution >= 0.6 is 0 Å². The molecular weight excluding hydrogens is 346 g/mol. The zero-order valence-electron chi connectivity index (χ0n) is 15.0. The lowest BCUT2D eigenvalue weighted by molar-refractivity contribution is 0.0946. The fraction of sp³-hybridized carbons (Fsp3) is 0.263. The van der Waals surface area contributed by atoms with Gasteiger partial charge in [-0.2, -0.15) is 0 Å². The topological polar surface area (TPSA) is 112 Å². The van der Waals surface area contributed by atoms with Crippen molar-refractivity contribution in [1.82, 2.24) is 20.5 Å². The summed E-state index contributed by atoms with van der Waals surface area (Å²) in [5.74, 6) is 0.740. The van der Waals surface area contributed by atoms with Crippen molar-refractivity contribution in [2.24, 2.45) is 0 Å². The number of hydrogen-bond donors (Lipinski definition) is 2. The predicted molar refractivity (Wildman–Crippen MR) is 101 cm³/mol. The molecule has 0 spiro atoms. The van der Waals surface area contributed by atoms with Gasteiger partial charge in [0.05, 0.1) is 19.9 Å².